The lowest BCUT2D eigenvalue weighted by Gasteiger charge is -2.22. The van der Waals surface area contributed by atoms with Crippen molar-refractivity contribution in [1.82, 2.24) is 0 Å². The molecule has 1 aliphatic carbocycles. The number of benzene rings is 4. The number of carbonyl (C=O) groups excluding carboxylic acids is 2. The van der Waals surface area contributed by atoms with E-state index in [0.29, 0.717) is 33.8 Å². The largest absolute Gasteiger partial charge is 0.507 e. The molecule has 1 aliphatic rings. The van der Waals surface area contributed by atoms with Crippen LogP contribution in [0.5, 0.6) is 23.0 Å². The predicted molar refractivity (Wildman–Crippen MR) is 127 cm³/mol. The zero-order valence-corrected chi connectivity index (χ0v) is 18.5. The lowest BCUT2D eigenvalue weighted by Crippen LogP contribution is -2.21. The van der Waals surface area contributed by atoms with Gasteiger partial charge in [-0.2, -0.15) is 0 Å². The minimum atomic E-state index is -0.519. The molecule has 2 N–H and O–H groups in total. The first-order valence-corrected chi connectivity index (χ1v) is 10.5. The first kappa shape index (κ1) is 21.3. The van der Waals surface area contributed by atoms with Gasteiger partial charge in [0, 0.05) is 22.3 Å². The van der Waals surface area contributed by atoms with E-state index in [2.05, 4.69) is 0 Å². The zero-order valence-electron chi connectivity index (χ0n) is 18.5. The van der Waals surface area contributed by atoms with Gasteiger partial charge in [-0.05, 0) is 59.7 Å². The molecule has 0 atom stereocenters. The fourth-order valence-corrected chi connectivity index (χ4v) is 4.30. The van der Waals surface area contributed by atoms with Crippen molar-refractivity contribution in [2.75, 3.05) is 14.2 Å². The number of methoxy groups -OCH3 is 2. The van der Waals surface area contributed by atoms with Gasteiger partial charge in [-0.3, -0.25) is 9.59 Å². The molecule has 5 rings (SSSR count). The topological polar surface area (TPSA) is 93.1 Å². The van der Waals surface area contributed by atoms with E-state index >= 15 is 0 Å². The number of phenols is 2. The van der Waals surface area contributed by atoms with Gasteiger partial charge in [0.25, 0.3) is 0 Å². The van der Waals surface area contributed by atoms with E-state index in [0.717, 1.165) is 0 Å². The van der Waals surface area contributed by atoms with Crippen LogP contribution in [-0.2, 0) is 0 Å². The fourth-order valence-electron chi connectivity index (χ4n) is 4.30. The standard InChI is InChI=1S/C28H20O6/c1-33-17-7-3-15(4-8-17)19-11-13-21-23(25(19)29)27(31)22-14-12-20(26(30)24(22)28(21)32)16-5-9-18(34-2)10-6-16/h3-14,29-30H,1-2H3. The Kier molecular flexibility index (Phi) is 5.06. The molecule has 0 fully saturated rings. The van der Waals surface area contributed by atoms with Crippen LogP contribution >= 0.6 is 0 Å². The zero-order chi connectivity index (χ0) is 24.0. The highest BCUT2D eigenvalue weighted by molar-refractivity contribution is 6.31. The highest BCUT2D eigenvalue weighted by Gasteiger charge is 2.36. The number of ether oxygens (including phenoxy) is 2. The molecule has 4 aromatic carbocycles. The number of hydrogen-bond acceptors (Lipinski definition) is 6. The fraction of sp³-hybridized carbons (Fsp3) is 0.0714. The number of hydrogen-bond donors (Lipinski definition) is 2. The third-order valence-corrected chi connectivity index (χ3v) is 6.10. The first-order valence-electron chi connectivity index (χ1n) is 10.5. The maximum Gasteiger partial charge on any atom is 0.198 e. The quantitative estimate of drug-likeness (QED) is 0.388. The molecule has 168 valence electrons. The van der Waals surface area contributed by atoms with Crippen molar-refractivity contribution in [2.45, 2.75) is 0 Å². The summed E-state index contributed by atoms with van der Waals surface area (Å²) in [5, 5.41) is 22.0. The Hall–Kier alpha value is -4.58. The molecule has 6 heteroatoms. The summed E-state index contributed by atoms with van der Waals surface area (Å²) in [5.74, 6) is -0.270. The molecule has 34 heavy (non-hydrogen) atoms. The summed E-state index contributed by atoms with van der Waals surface area (Å²) in [6.07, 6.45) is 0. The molecule has 0 unspecified atom stereocenters. The van der Waals surface area contributed by atoms with Gasteiger partial charge in [-0.25, -0.2) is 0 Å². The third-order valence-electron chi connectivity index (χ3n) is 6.10. The number of carbonyl (C=O) groups is 2. The predicted octanol–water partition coefficient (Wildman–Crippen LogP) is 5.22. The van der Waals surface area contributed by atoms with Gasteiger partial charge in [-0.1, -0.05) is 24.3 Å². The van der Waals surface area contributed by atoms with Crippen LogP contribution in [0.1, 0.15) is 31.8 Å². The monoisotopic (exact) mass is 452 g/mol. The smallest absolute Gasteiger partial charge is 0.198 e. The molecule has 0 amide bonds. The lowest BCUT2D eigenvalue weighted by atomic mass is 9.80. The summed E-state index contributed by atoms with van der Waals surface area (Å²) >= 11 is 0. The van der Waals surface area contributed by atoms with Crippen molar-refractivity contribution >= 4 is 11.6 Å². The number of aromatic hydroxyl groups is 2. The van der Waals surface area contributed by atoms with Crippen LogP contribution < -0.4 is 9.47 Å². The average molecular weight is 452 g/mol. The molecule has 0 aromatic heterocycles. The van der Waals surface area contributed by atoms with Gasteiger partial charge in [0.1, 0.15) is 23.0 Å². The Morgan fingerprint density at radius 3 is 1.15 bits per heavy atom. The first-order chi connectivity index (χ1) is 16.4. The summed E-state index contributed by atoms with van der Waals surface area (Å²) in [7, 11) is 3.12. The molecule has 0 bridgehead atoms. The van der Waals surface area contributed by atoms with E-state index in [1.807, 2.05) is 0 Å². The summed E-state index contributed by atoms with van der Waals surface area (Å²) in [4.78, 5) is 26.8. The van der Waals surface area contributed by atoms with E-state index in [9.17, 15) is 19.8 Å². The second-order valence-corrected chi connectivity index (χ2v) is 7.88. The summed E-state index contributed by atoms with van der Waals surface area (Å²) < 4.78 is 10.3. The molecule has 0 heterocycles. The van der Waals surface area contributed by atoms with Crippen LogP contribution in [0.3, 0.4) is 0 Å². The molecule has 4 aromatic rings. The van der Waals surface area contributed by atoms with Gasteiger partial charge in [0.15, 0.2) is 11.6 Å². The molecule has 0 spiro atoms. The van der Waals surface area contributed by atoms with Crippen molar-refractivity contribution < 1.29 is 29.3 Å². The number of ketones is 2. The van der Waals surface area contributed by atoms with E-state index in [-0.39, 0.29) is 33.8 Å². The van der Waals surface area contributed by atoms with Gasteiger partial charge in [0.05, 0.1) is 25.3 Å². The Bertz CT molecular complexity index is 1340. The van der Waals surface area contributed by atoms with Gasteiger partial charge in [0.2, 0.25) is 0 Å². The van der Waals surface area contributed by atoms with E-state index < -0.39 is 11.6 Å². The highest BCUT2D eigenvalue weighted by atomic mass is 16.5. The number of fused-ring (bicyclic) bond motifs is 2. The van der Waals surface area contributed by atoms with Crippen molar-refractivity contribution in [3.8, 4) is 45.3 Å². The molecular formula is C28H20O6. The van der Waals surface area contributed by atoms with E-state index in [1.165, 1.54) is 12.1 Å². The Labute approximate surface area is 195 Å². The molecule has 0 aliphatic heterocycles. The van der Waals surface area contributed by atoms with Crippen molar-refractivity contribution in [2.24, 2.45) is 0 Å². The Balaban J connectivity index is 1.62. The Morgan fingerprint density at radius 2 is 0.824 bits per heavy atom. The van der Waals surface area contributed by atoms with Crippen LogP contribution in [0.15, 0.2) is 72.8 Å². The van der Waals surface area contributed by atoms with Crippen molar-refractivity contribution in [1.29, 1.82) is 0 Å². The molecule has 0 saturated heterocycles. The summed E-state index contributed by atoms with van der Waals surface area (Å²) in [5.41, 5.74) is 2.15. The van der Waals surface area contributed by atoms with Crippen LogP contribution in [0.4, 0.5) is 0 Å². The molecular weight excluding hydrogens is 432 g/mol. The minimum absolute atomic E-state index is 0.0504. The summed E-state index contributed by atoms with van der Waals surface area (Å²) in [6, 6.07) is 20.2. The third kappa shape index (κ3) is 3.19. The van der Waals surface area contributed by atoms with E-state index in [4.69, 9.17) is 9.47 Å². The second-order valence-electron chi connectivity index (χ2n) is 7.88. The Morgan fingerprint density at radius 1 is 0.500 bits per heavy atom. The molecule has 0 radical (unpaired) electrons. The van der Waals surface area contributed by atoms with Gasteiger partial charge in [-0.15, -0.1) is 0 Å². The maximum absolute atomic E-state index is 13.4. The van der Waals surface area contributed by atoms with Crippen LogP contribution in [0, 0.1) is 0 Å². The minimum Gasteiger partial charge on any atom is -0.507 e. The molecule has 0 saturated carbocycles. The van der Waals surface area contributed by atoms with Gasteiger partial charge >= 0.3 is 0 Å². The van der Waals surface area contributed by atoms with Crippen LogP contribution in [-0.4, -0.2) is 36.0 Å². The number of rotatable bonds is 4. The maximum atomic E-state index is 13.4. The SMILES string of the molecule is COc1ccc(-c2ccc3c(c2O)C(=O)c2ccc(-c4ccc(OC)cc4)c(O)c2C3=O)cc1. The molecule has 6 nitrogen and oxygen atoms in total. The van der Waals surface area contributed by atoms with Crippen LogP contribution in [0.25, 0.3) is 22.3 Å². The van der Waals surface area contributed by atoms with Crippen LogP contribution in [0.2, 0.25) is 0 Å². The summed E-state index contributed by atoms with van der Waals surface area (Å²) in [6.45, 7) is 0. The average Bonchev–Trinajstić information content (AvgIpc) is 2.87. The van der Waals surface area contributed by atoms with E-state index in [1.54, 1.807) is 74.9 Å². The normalized spacial score (nSPS) is 12.2. The van der Waals surface area contributed by atoms with Crippen molar-refractivity contribution in [3.05, 3.63) is 95.1 Å². The number of phenolic OH excluding ortho intramolecular Hbond substituents is 2. The van der Waals surface area contributed by atoms with Gasteiger partial charge < -0.3 is 19.7 Å². The second kappa shape index (κ2) is 8.08. The highest BCUT2D eigenvalue weighted by Crippen LogP contribution is 2.44. The lowest BCUT2D eigenvalue weighted by molar-refractivity contribution is 0.0974. The van der Waals surface area contributed by atoms with Crippen molar-refractivity contribution in [3.63, 3.8) is 0 Å².